The van der Waals surface area contributed by atoms with Crippen LogP contribution in [0, 0.1) is 0 Å². The van der Waals surface area contributed by atoms with E-state index >= 15 is 0 Å². The Morgan fingerprint density at radius 3 is 2.88 bits per heavy atom. The number of ether oxygens (including phenoxy) is 1. The molecule has 1 saturated heterocycles. The predicted octanol–water partition coefficient (Wildman–Crippen LogP) is 1.44. The van der Waals surface area contributed by atoms with Crippen LogP contribution < -0.4 is 4.90 Å². The van der Waals surface area contributed by atoms with Crippen LogP contribution in [0.4, 0.5) is 5.82 Å². The molecule has 24 heavy (non-hydrogen) atoms. The topological polar surface area (TPSA) is 61.7 Å². The smallest absolute Gasteiger partial charge is 0.146 e. The van der Waals surface area contributed by atoms with E-state index in [1.807, 2.05) is 18.4 Å². The van der Waals surface area contributed by atoms with Gasteiger partial charge in [-0.3, -0.25) is 4.90 Å². The first kappa shape index (κ1) is 16.2. The number of aliphatic hydroxyl groups is 1. The standard InChI is InChI=1S/C17H24N4O2S/c1-20(5-8-22)16-15-12-3-2-4-13(12)24-17(15)19-14(18-16)11-21-6-9-23-10-7-21/h22H,2-11H2,1H3. The van der Waals surface area contributed by atoms with Crippen LogP contribution in [0.25, 0.3) is 10.2 Å². The van der Waals surface area contributed by atoms with Gasteiger partial charge in [0.1, 0.15) is 16.5 Å². The molecule has 4 rings (SSSR count). The second kappa shape index (κ2) is 6.92. The van der Waals surface area contributed by atoms with E-state index in [2.05, 4.69) is 9.80 Å². The number of hydrogen-bond donors (Lipinski definition) is 1. The summed E-state index contributed by atoms with van der Waals surface area (Å²) < 4.78 is 5.43. The van der Waals surface area contributed by atoms with E-state index in [4.69, 9.17) is 14.7 Å². The Hall–Kier alpha value is -1.28. The van der Waals surface area contributed by atoms with E-state index in [0.717, 1.165) is 62.2 Å². The van der Waals surface area contributed by atoms with Gasteiger partial charge in [-0.15, -0.1) is 11.3 Å². The molecule has 130 valence electrons. The van der Waals surface area contributed by atoms with Gasteiger partial charge >= 0.3 is 0 Å². The fourth-order valence-electron chi connectivity index (χ4n) is 3.58. The highest BCUT2D eigenvalue weighted by atomic mass is 32.1. The Kier molecular flexibility index (Phi) is 4.67. The van der Waals surface area contributed by atoms with Crippen LogP contribution in [0.15, 0.2) is 0 Å². The van der Waals surface area contributed by atoms with Crippen molar-refractivity contribution in [3.05, 3.63) is 16.3 Å². The minimum atomic E-state index is 0.132. The van der Waals surface area contributed by atoms with E-state index in [-0.39, 0.29) is 6.61 Å². The number of thiophene rings is 1. The second-order valence-corrected chi connectivity index (χ2v) is 7.62. The van der Waals surface area contributed by atoms with E-state index < -0.39 is 0 Å². The lowest BCUT2D eigenvalue weighted by Crippen LogP contribution is -2.36. The molecule has 0 amide bonds. The van der Waals surface area contributed by atoms with Gasteiger partial charge in [0, 0.05) is 31.6 Å². The number of anilines is 1. The Morgan fingerprint density at radius 2 is 2.08 bits per heavy atom. The summed E-state index contributed by atoms with van der Waals surface area (Å²) in [6.07, 6.45) is 3.52. The van der Waals surface area contributed by atoms with Gasteiger partial charge < -0.3 is 14.7 Å². The number of morpholine rings is 1. The van der Waals surface area contributed by atoms with E-state index in [0.29, 0.717) is 6.54 Å². The van der Waals surface area contributed by atoms with Gasteiger partial charge in [0.15, 0.2) is 0 Å². The first-order valence-electron chi connectivity index (χ1n) is 8.69. The quantitative estimate of drug-likeness (QED) is 0.882. The summed E-state index contributed by atoms with van der Waals surface area (Å²) in [5.74, 6) is 1.86. The summed E-state index contributed by atoms with van der Waals surface area (Å²) in [6, 6.07) is 0. The van der Waals surface area contributed by atoms with Crippen LogP contribution in [0.1, 0.15) is 22.7 Å². The normalized spacial score (nSPS) is 18.2. The highest BCUT2D eigenvalue weighted by Crippen LogP contribution is 2.40. The molecule has 0 bridgehead atoms. The second-order valence-electron chi connectivity index (χ2n) is 6.53. The van der Waals surface area contributed by atoms with Crippen LogP contribution >= 0.6 is 11.3 Å². The molecule has 6 nitrogen and oxygen atoms in total. The van der Waals surface area contributed by atoms with Crippen molar-refractivity contribution >= 4 is 27.4 Å². The minimum Gasteiger partial charge on any atom is -0.395 e. The van der Waals surface area contributed by atoms with Crippen LogP contribution in [0.3, 0.4) is 0 Å². The molecule has 2 aromatic heterocycles. The van der Waals surface area contributed by atoms with Crippen molar-refractivity contribution < 1.29 is 9.84 Å². The third-order valence-corrected chi connectivity index (χ3v) is 6.04. The largest absolute Gasteiger partial charge is 0.395 e. The maximum atomic E-state index is 9.34. The number of rotatable bonds is 5. The number of nitrogens with zero attached hydrogens (tertiary/aromatic N) is 4. The molecule has 1 fully saturated rings. The zero-order chi connectivity index (χ0) is 16.5. The molecule has 7 heteroatoms. The number of aliphatic hydroxyl groups excluding tert-OH is 1. The maximum Gasteiger partial charge on any atom is 0.146 e. The molecular weight excluding hydrogens is 324 g/mol. The summed E-state index contributed by atoms with van der Waals surface area (Å²) in [7, 11) is 2.01. The van der Waals surface area contributed by atoms with Crippen LogP contribution in [-0.2, 0) is 24.1 Å². The van der Waals surface area contributed by atoms with Crippen molar-refractivity contribution in [2.75, 3.05) is 51.4 Å². The van der Waals surface area contributed by atoms with Crippen molar-refractivity contribution in [2.45, 2.75) is 25.8 Å². The molecule has 0 radical (unpaired) electrons. The molecule has 0 spiro atoms. The van der Waals surface area contributed by atoms with Crippen LogP contribution in [0.5, 0.6) is 0 Å². The number of hydrogen-bond acceptors (Lipinski definition) is 7. The van der Waals surface area contributed by atoms with Gasteiger partial charge in [-0.1, -0.05) is 0 Å². The van der Waals surface area contributed by atoms with Gasteiger partial charge in [0.25, 0.3) is 0 Å². The molecule has 0 saturated carbocycles. The third-order valence-electron chi connectivity index (χ3n) is 4.86. The highest BCUT2D eigenvalue weighted by Gasteiger charge is 2.24. The van der Waals surface area contributed by atoms with Crippen molar-refractivity contribution in [3.63, 3.8) is 0 Å². The van der Waals surface area contributed by atoms with E-state index in [9.17, 15) is 5.11 Å². The molecule has 2 aliphatic rings. The molecule has 0 atom stereocenters. The summed E-state index contributed by atoms with van der Waals surface area (Å²) in [5, 5.41) is 10.6. The zero-order valence-corrected chi connectivity index (χ0v) is 14.9. The van der Waals surface area contributed by atoms with Gasteiger partial charge in [-0.2, -0.15) is 0 Å². The maximum absolute atomic E-state index is 9.34. The fraction of sp³-hybridized carbons (Fsp3) is 0.647. The van der Waals surface area contributed by atoms with Gasteiger partial charge in [-0.25, -0.2) is 9.97 Å². The molecular formula is C17H24N4O2S. The lowest BCUT2D eigenvalue weighted by Gasteiger charge is -2.26. The summed E-state index contributed by atoms with van der Waals surface area (Å²) >= 11 is 1.83. The summed E-state index contributed by atoms with van der Waals surface area (Å²) in [4.78, 5) is 16.8. The molecule has 1 aliphatic carbocycles. The number of likely N-dealkylation sites (N-methyl/N-ethyl adjacent to an activating group) is 1. The van der Waals surface area contributed by atoms with Crippen LogP contribution in [-0.4, -0.2) is 66.5 Å². The van der Waals surface area contributed by atoms with Gasteiger partial charge in [-0.05, 0) is 24.8 Å². The van der Waals surface area contributed by atoms with Crippen molar-refractivity contribution in [1.82, 2.24) is 14.9 Å². The Morgan fingerprint density at radius 1 is 1.25 bits per heavy atom. The van der Waals surface area contributed by atoms with Crippen molar-refractivity contribution in [3.8, 4) is 0 Å². The SMILES string of the molecule is CN(CCO)c1nc(CN2CCOCC2)nc2sc3c(c12)CCC3. The first-order valence-corrected chi connectivity index (χ1v) is 9.51. The van der Waals surface area contributed by atoms with Gasteiger partial charge in [0.05, 0.1) is 31.8 Å². The minimum absolute atomic E-state index is 0.132. The average Bonchev–Trinajstić information content (AvgIpc) is 3.16. The number of aryl methyl sites for hydroxylation is 2. The van der Waals surface area contributed by atoms with Crippen LogP contribution in [0.2, 0.25) is 0 Å². The lowest BCUT2D eigenvalue weighted by atomic mass is 10.2. The predicted molar refractivity (Wildman–Crippen MR) is 95.9 cm³/mol. The van der Waals surface area contributed by atoms with E-state index in [1.165, 1.54) is 22.2 Å². The monoisotopic (exact) mass is 348 g/mol. The number of fused-ring (bicyclic) bond motifs is 3. The summed E-state index contributed by atoms with van der Waals surface area (Å²) in [6.45, 7) is 4.93. The molecule has 0 aromatic carbocycles. The fourth-order valence-corrected chi connectivity index (χ4v) is 4.86. The Labute approximate surface area is 146 Å². The molecule has 0 unspecified atom stereocenters. The molecule has 2 aromatic rings. The Balaban J connectivity index is 1.73. The average molecular weight is 348 g/mol. The summed E-state index contributed by atoms with van der Waals surface area (Å²) in [5.41, 5.74) is 1.44. The lowest BCUT2D eigenvalue weighted by molar-refractivity contribution is 0.0331. The molecule has 1 N–H and O–H groups in total. The molecule has 3 heterocycles. The third kappa shape index (κ3) is 3.01. The van der Waals surface area contributed by atoms with Gasteiger partial charge in [0.2, 0.25) is 0 Å². The number of aromatic nitrogens is 2. The molecule has 1 aliphatic heterocycles. The Bertz CT molecular complexity index is 727. The first-order chi connectivity index (χ1) is 11.8. The van der Waals surface area contributed by atoms with Crippen molar-refractivity contribution in [2.24, 2.45) is 0 Å². The highest BCUT2D eigenvalue weighted by molar-refractivity contribution is 7.19. The van der Waals surface area contributed by atoms with E-state index in [1.54, 1.807) is 0 Å². The zero-order valence-electron chi connectivity index (χ0n) is 14.1. The van der Waals surface area contributed by atoms with Crippen molar-refractivity contribution in [1.29, 1.82) is 0 Å².